The Balaban J connectivity index is 2.60. The molecule has 0 aliphatic carbocycles. The van der Waals surface area contributed by atoms with E-state index < -0.39 is 37.3 Å². The number of hydrogen-bond acceptors (Lipinski definition) is 6. The summed E-state index contributed by atoms with van der Waals surface area (Å²) in [5, 5.41) is 36.4. The topological polar surface area (TPSA) is 99.4 Å². The highest BCUT2D eigenvalue weighted by atomic mass is 16.7. The van der Waals surface area contributed by atoms with Gasteiger partial charge in [-0.1, -0.05) is 0 Å². The van der Waals surface area contributed by atoms with Gasteiger partial charge in [-0.25, -0.2) is 0 Å². The van der Waals surface area contributed by atoms with Gasteiger partial charge in [-0.2, -0.15) is 0 Å². The van der Waals surface area contributed by atoms with Crippen molar-refractivity contribution in [2.24, 2.45) is 0 Å². The van der Waals surface area contributed by atoms with Gasteiger partial charge in [0.1, 0.15) is 24.4 Å². The molecule has 0 saturated carbocycles. The Morgan fingerprint density at radius 2 is 2.00 bits per heavy atom. The maximum absolute atomic E-state index is 9.33. The van der Waals surface area contributed by atoms with E-state index in [2.05, 4.69) is 0 Å². The highest BCUT2D eigenvalue weighted by molar-refractivity contribution is 4.90. The van der Waals surface area contributed by atoms with Crippen LogP contribution in [0.1, 0.15) is 0 Å². The van der Waals surface area contributed by atoms with Crippen LogP contribution in [0.15, 0.2) is 0 Å². The van der Waals surface area contributed by atoms with E-state index in [1.807, 2.05) is 0 Å². The lowest BCUT2D eigenvalue weighted by Gasteiger charge is -2.18. The van der Waals surface area contributed by atoms with E-state index in [0.717, 1.165) is 0 Å². The van der Waals surface area contributed by atoms with Gasteiger partial charge in [0, 0.05) is 7.11 Å². The maximum Gasteiger partial charge on any atom is 0.186 e. The number of aliphatic hydroxyl groups is 4. The van der Waals surface area contributed by atoms with E-state index in [1.54, 1.807) is 0 Å². The summed E-state index contributed by atoms with van der Waals surface area (Å²) >= 11 is 0. The number of methoxy groups -OCH3 is 1. The van der Waals surface area contributed by atoms with Crippen LogP contribution < -0.4 is 0 Å². The summed E-state index contributed by atoms with van der Waals surface area (Å²) in [7, 11) is 1.31. The quantitative estimate of drug-likeness (QED) is 0.394. The van der Waals surface area contributed by atoms with E-state index in [9.17, 15) is 10.2 Å². The molecule has 0 aromatic heterocycles. The highest BCUT2D eigenvalue weighted by Crippen LogP contribution is 2.23. The maximum atomic E-state index is 9.33. The summed E-state index contributed by atoms with van der Waals surface area (Å²) in [6.07, 6.45) is -5.63. The van der Waals surface area contributed by atoms with Gasteiger partial charge in [0.2, 0.25) is 0 Å². The van der Waals surface area contributed by atoms with Gasteiger partial charge < -0.3 is 29.9 Å². The molecule has 0 aromatic carbocycles. The van der Waals surface area contributed by atoms with Gasteiger partial charge in [-0.05, 0) is 0 Å². The predicted molar refractivity (Wildman–Crippen MR) is 40.8 cm³/mol. The fraction of sp³-hybridized carbons (Fsp3) is 1.00. The molecular formula is C7H14O6. The fourth-order valence-electron chi connectivity index (χ4n) is 1.29. The SMILES string of the molecule is CO[C@H]1O[C@@H]([C@@H](O)CO)[C@H](O)[C@H]1O. The van der Waals surface area contributed by atoms with Gasteiger partial charge in [0.25, 0.3) is 0 Å². The third-order valence-electron chi connectivity index (χ3n) is 2.06. The van der Waals surface area contributed by atoms with Gasteiger partial charge in [0.15, 0.2) is 6.29 Å². The Morgan fingerprint density at radius 3 is 2.38 bits per heavy atom. The minimum absolute atomic E-state index is 0.537. The molecule has 0 bridgehead atoms. The first kappa shape index (κ1) is 10.8. The van der Waals surface area contributed by atoms with Crippen LogP contribution in [0.25, 0.3) is 0 Å². The van der Waals surface area contributed by atoms with Crippen LogP contribution in [-0.4, -0.2) is 64.8 Å². The molecule has 1 fully saturated rings. The number of hydrogen-bond donors (Lipinski definition) is 4. The van der Waals surface area contributed by atoms with Crippen LogP contribution in [0.3, 0.4) is 0 Å². The minimum Gasteiger partial charge on any atom is -0.394 e. The fourth-order valence-corrected chi connectivity index (χ4v) is 1.29. The van der Waals surface area contributed by atoms with E-state index in [-0.39, 0.29) is 0 Å². The lowest BCUT2D eigenvalue weighted by Crippen LogP contribution is -2.40. The van der Waals surface area contributed by atoms with E-state index in [0.29, 0.717) is 0 Å². The molecule has 0 aromatic rings. The summed E-state index contributed by atoms with van der Waals surface area (Å²) in [5.74, 6) is 0. The van der Waals surface area contributed by atoms with Gasteiger partial charge in [-0.15, -0.1) is 0 Å². The second-order valence-corrected chi connectivity index (χ2v) is 2.94. The third kappa shape index (κ3) is 1.98. The van der Waals surface area contributed by atoms with Crippen LogP contribution in [-0.2, 0) is 9.47 Å². The Bertz CT molecular complexity index is 163. The summed E-state index contributed by atoms with van der Waals surface area (Å²) in [6, 6.07) is 0. The zero-order valence-corrected chi connectivity index (χ0v) is 7.20. The number of aliphatic hydroxyl groups excluding tert-OH is 4. The molecule has 6 heteroatoms. The van der Waals surface area contributed by atoms with E-state index in [1.165, 1.54) is 7.11 Å². The zero-order valence-electron chi connectivity index (χ0n) is 7.20. The first-order valence-electron chi connectivity index (χ1n) is 3.95. The van der Waals surface area contributed by atoms with Crippen molar-refractivity contribution in [1.82, 2.24) is 0 Å². The Labute approximate surface area is 75.3 Å². The molecule has 5 atom stereocenters. The minimum atomic E-state index is -1.24. The summed E-state index contributed by atoms with van der Waals surface area (Å²) in [6.45, 7) is -0.537. The lowest BCUT2D eigenvalue weighted by molar-refractivity contribution is -0.166. The molecule has 0 amide bonds. The molecule has 1 aliphatic rings. The van der Waals surface area contributed by atoms with Crippen molar-refractivity contribution in [3.05, 3.63) is 0 Å². The van der Waals surface area contributed by atoms with Crippen molar-refractivity contribution in [3.63, 3.8) is 0 Å². The summed E-state index contributed by atoms with van der Waals surface area (Å²) in [5.41, 5.74) is 0. The van der Waals surface area contributed by atoms with Crippen LogP contribution >= 0.6 is 0 Å². The summed E-state index contributed by atoms with van der Waals surface area (Å²) < 4.78 is 9.65. The van der Waals surface area contributed by atoms with Crippen LogP contribution in [0.4, 0.5) is 0 Å². The molecular weight excluding hydrogens is 180 g/mol. The van der Waals surface area contributed by atoms with Crippen molar-refractivity contribution < 1.29 is 29.9 Å². The Kier molecular flexibility index (Phi) is 3.60. The van der Waals surface area contributed by atoms with E-state index in [4.69, 9.17) is 19.7 Å². The van der Waals surface area contributed by atoms with Crippen molar-refractivity contribution in [2.75, 3.05) is 13.7 Å². The van der Waals surface area contributed by atoms with Crippen LogP contribution in [0.5, 0.6) is 0 Å². The molecule has 0 radical (unpaired) electrons. The van der Waals surface area contributed by atoms with Crippen LogP contribution in [0, 0.1) is 0 Å². The first-order valence-corrected chi connectivity index (χ1v) is 3.95. The lowest BCUT2D eigenvalue weighted by atomic mass is 10.1. The first-order chi connectivity index (χ1) is 6.11. The second kappa shape index (κ2) is 4.32. The predicted octanol–water partition coefficient (Wildman–Crippen LogP) is -2.57. The Hall–Kier alpha value is -0.240. The van der Waals surface area contributed by atoms with Crippen molar-refractivity contribution in [1.29, 1.82) is 0 Å². The van der Waals surface area contributed by atoms with E-state index >= 15 is 0 Å². The van der Waals surface area contributed by atoms with Gasteiger partial charge >= 0.3 is 0 Å². The highest BCUT2D eigenvalue weighted by Gasteiger charge is 2.45. The summed E-state index contributed by atoms with van der Waals surface area (Å²) in [4.78, 5) is 0. The smallest absolute Gasteiger partial charge is 0.186 e. The average Bonchev–Trinajstić information content (AvgIpc) is 2.43. The molecule has 1 heterocycles. The standard InChI is InChI=1S/C7H14O6/c1-12-7-5(11)4(10)6(13-7)3(9)2-8/h3-11H,2H2,1H3/t3-,4+,5+,6-,7-/m0/s1. The van der Waals surface area contributed by atoms with Gasteiger partial charge in [-0.3, -0.25) is 0 Å². The number of rotatable bonds is 3. The molecule has 6 nitrogen and oxygen atoms in total. The molecule has 0 spiro atoms. The van der Waals surface area contributed by atoms with Crippen molar-refractivity contribution in [2.45, 2.75) is 30.7 Å². The molecule has 1 aliphatic heterocycles. The normalized spacial score (nSPS) is 42.2. The molecule has 0 unspecified atom stereocenters. The molecule has 1 rings (SSSR count). The van der Waals surface area contributed by atoms with Crippen LogP contribution in [0.2, 0.25) is 0 Å². The monoisotopic (exact) mass is 194 g/mol. The Morgan fingerprint density at radius 1 is 1.38 bits per heavy atom. The molecule has 1 saturated heterocycles. The zero-order chi connectivity index (χ0) is 10.0. The molecule has 78 valence electrons. The molecule has 13 heavy (non-hydrogen) atoms. The second-order valence-electron chi connectivity index (χ2n) is 2.94. The largest absolute Gasteiger partial charge is 0.394 e. The average molecular weight is 194 g/mol. The number of ether oxygens (including phenoxy) is 2. The third-order valence-corrected chi connectivity index (χ3v) is 2.06. The molecule has 4 N–H and O–H groups in total. The van der Waals surface area contributed by atoms with Crippen molar-refractivity contribution >= 4 is 0 Å². The van der Waals surface area contributed by atoms with Crippen molar-refractivity contribution in [3.8, 4) is 0 Å². The van der Waals surface area contributed by atoms with Gasteiger partial charge in [0.05, 0.1) is 6.61 Å².